The van der Waals surface area contributed by atoms with Crippen LogP contribution in [0, 0.1) is 0 Å². The van der Waals surface area contributed by atoms with Gasteiger partial charge in [-0.1, -0.05) is 42.4 Å². The lowest BCUT2D eigenvalue weighted by Crippen LogP contribution is -2.37. The zero-order valence-corrected chi connectivity index (χ0v) is 11.8. The normalized spacial score (nSPS) is 23.5. The van der Waals surface area contributed by atoms with Gasteiger partial charge in [-0.25, -0.2) is 0 Å². The number of benzene rings is 1. The maximum absolute atomic E-state index is 10.2. The third kappa shape index (κ3) is 3.94. The molecular formula is C14H23NOSi. The van der Waals surface area contributed by atoms with E-state index < -0.39 is 8.80 Å². The molecule has 2 N–H and O–H groups in total. The van der Waals surface area contributed by atoms with Gasteiger partial charge in [0.25, 0.3) is 0 Å². The van der Waals surface area contributed by atoms with Gasteiger partial charge < -0.3 is 10.4 Å². The number of hydrogen-bond acceptors (Lipinski definition) is 2. The number of aliphatic hydroxyl groups excluding tert-OH is 1. The second kappa shape index (κ2) is 6.33. The first kappa shape index (κ1) is 12.8. The molecule has 2 rings (SSSR count). The van der Waals surface area contributed by atoms with Crippen molar-refractivity contribution in [3.05, 3.63) is 35.9 Å². The average Bonchev–Trinajstić information content (AvgIpc) is 2.83. The molecule has 0 radical (unpaired) electrons. The van der Waals surface area contributed by atoms with Gasteiger partial charge >= 0.3 is 0 Å². The standard InChI is InChI=1S/C14H23NOSi/c1-17(10-12-6-3-2-4-7-12)11-14(16)13-8-5-9-15-13/h2-4,6-7,13-17H,5,8-11H2,1H3/t13-,14+,17?/m0/s1. The van der Waals surface area contributed by atoms with Gasteiger partial charge in [0.2, 0.25) is 0 Å². The Balaban J connectivity index is 1.78. The summed E-state index contributed by atoms with van der Waals surface area (Å²) in [4.78, 5) is 0. The zero-order valence-electron chi connectivity index (χ0n) is 10.6. The van der Waals surface area contributed by atoms with Crippen LogP contribution in [0.2, 0.25) is 12.6 Å². The van der Waals surface area contributed by atoms with Crippen LogP contribution in [0.15, 0.2) is 30.3 Å². The van der Waals surface area contributed by atoms with Crippen LogP contribution in [0.4, 0.5) is 0 Å². The van der Waals surface area contributed by atoms with E-state index >= 15 is 0 Å². The first-order valence-corrected chi connectivity index (χ1v) is 9.50. The van der Waals surface area contributed by atoms with E-state index in [0.29, 0.717) is 6.04 Å². The molecule has 1 aliphatic rings. The minimum absolute atomic E-state index is 0.122. The van der Waals surface area contributed by atoms with Crippen LogP contribution in [0.3, 0.4) is 0 Å². The van der Waals surface area contributed by atoms with Gasteiger partial charge in [0.1, 0.15) is 0 Å². The van der Waals surface area contributed by atoms with Crippen LogP contribution in [0.1, 0.15) is 18.4 Å². The van der Waals surface area contributed by atoms with E-state index in [1.54, 1.807) is 0 Å². The molecule has 0 bridgehead atoms. The van der Waals surface area contributed by atoms with E-state index in [2.05, 4.69) is 42.2 Å². The van der Waals surface area contributed by atoms with Crippen LogP contribution < -0.4 is 5.32 Å². The van der Waals surface area contributed by atoms with E-state index in [9.17, 15) is 5.11 Å². The lowest BCUT2D eigenvalue weighted by atomic mass is 10.1. The summed E-state index contributed by atoms with van der Waals surface area (Å²) in [5, 5.41) is 13.6. The molecule has 17 heavy (non-hydrogen) atoms. The van der Waals surface area contributed by atoms with Gasteiger partial charge in [0.15, 0.2) is 0 Å². The van der Waals surface area contributed by atoms with E-state index in [4.69, 9.17) is 0 Å². The highest BCUT2D eigenvalue weighted by Crippen LogP contribution is 2.15. The Morgan fingerprint density at radius 2 is 2.18 bits per heavy atom. The Morgan fingerprint density at radius 1 is 1.41 bits per heavy atom. The highest BCUT2D eigenvalue weighted by atomic mass is 28.3. The summed E-state index contributed by atoms with van der Waals surface area (Å²) in [6.45, 7) is 3.45. The predicted molar refractivity (Wildman–Crippen MR) is 75.0 cm³/mol. The molecule has 94 valence electrons. The van der Waals surface area contributed by atoms with Crippen LogP contribution >= 0.6 is 0 Å². The Hall–Kier alpha value is -0.643. The Morgan fingerprint density at radius 3 is 2.82 bits per heavy atom. The smallest absolute Gasteiger partial charge is 0.0667 e. The highest BCUT2D eigenvalue weighted by Gasteiger charge is 2.24. The van der Waals surface area contributed by atoms with Gasteiger partial charge in [-0.15, -0.1) is 0 Å². The van der Waals surface area contributed by atoms with Gasteiger partial charge in [-0.05, 0) is 31.5 Å². The van der Waals surface area contributed by atoms with Crippen LogP contribution in [-0.2, 0) is 6.04 Å². The summed E-state index contributed by atoms with van der Waals surface area (Å²) in [5.74, 6) is 0. The molecule has 0 aromatic heterocycles. The Kier molecular flexibility index (Phi) is 4.77. The van der Waals surface area contributed by atoms with Crippen LogP contribution in [0.25, 0.3) is 0 Å². The molecule has 3 atom stereocenters. The lowest BCUT2D eigenvalue weighted by Gasteiger charge is -2.21. The van der Waals surface area contributed by atoms with Crippen molar-refractivity contribution in [2.24, 2.45) is 0 Å². The molecule has 0 aliphatic carbocycles. The fourth-order valence-electron chi connectivity index (χ4n) is 2.72. The van der Waals surface area contributed by atoms with E-state index in [0.717, 1.165) is 19.0 Å². The summed E-state index contributed by atoms with van der Waals surface area (Å²) in [6, 6.07) is 13.3. The minimum Gasteiger partial charge on any atom is -0.392 e. The van der Waals surface area contributed by atoms with Crippen molar-refractivity contribution in [1.82, 2.24) is 5.32 Å². The van der Waals surface area contributed by atoms with Crippen molar-refractivity contribution >= 4 is 8.80 Å². The molecule has 1 heterocycles. The second-order valence-electron chi connectivity index (χ2n) is 5.30. The highest BCUT2D eigenvalue weighted by molar-refractivity contribution is 6.56. The van der Waals surface area contributed by atoms with Gasteiger partial charge in [0.05, 0.1) is 6.10 Å². The van der Waals surface area contributed by atoms with Crippen molar-refractivity contribution in [3.8, 4) is 0 Å². The molecule has 1 unspecified atom stereocenters. The molecule has 1 fully saturated rings. The summed E-state index contributed by atoms with van der Waals surface area (Å²) in [6.07, 6.45) is 2.24. The topological polar surface area (TPSA) is 32.3 Å². The third-order valence-corrected chi connectivity index (χ3v) is 6.09. The number of nitrogens with one attached hydrogen (secondary N) is 1. The number of aliphatic hydroxyl groups is 1. The number of rotatable bonds is 5. The van der Waals surface area contributed by atoms with Crippen molar-refractivity contribution in [2.75, 3.05) is 6.54 Å². The molecule has 1 aliphatic heterocycles. The molecular weight excluding hydrogens is 226 g/mol. The first-order valence-electron chi connectivity index (χ1n) is 6.71. The average molecular weight is 249 g/mol. The summed E-state index contributed by atoms with van der Waals surface area (Å²) >= 11 is 0. The fourth-order valence-corrected chi connectivity index (χ4v) is 5.11. The largest absolute Gasteiger partial charge is 0.392 e. The molecule has 1 aromatic rings. The van der Waals surface area contributed by atoms with E-state index in [1.807, 2.05) is 0 Å². The molecule has 2 nitrogen and oxygen atoms in total. The van der Waals surface area contributed by atoms with E-state index in [-0.39, 0.29) is 6.10 Å². The summed E-state index contributed by atoms with van der Waals surface area (Å²) in [7, 11) is -0.833. The summed E-state index contributed by atoms with van der Waals surface area (Å²) < 4.78 is 0. The van der Waals surface area contributed by atoms with Crippen molar-refractivity contribution in [1.29, 1.82) is 0 Å². The second-order valence-corrected chi connectivity index (χ2v) is 8.39. The minimum atomic E-state index is -0.833. The van der Waals surface area contributed by atoms with Gasteiger partial charge in [-0.3, -0.25) is 0 Å². The molecule has 0 saturated carbocycles. The van der Waals surface area contributed by atoms with Crippen molar-refractivity contribution < 1.29 is 5.11 Å². The maximum atomic E-state index is 10.2. The molecule has 0 spiro atoms. The molecule has 3 heteroatoms. The van der Waals surface area contributed by atoms with Crippen molar-refractivity contribution in [2.45, 2.75) is 43.6 Å². The van der Waals surface area contributed by atoms with Crippen molar-refractivity contribution in [3.63, 3.8) is 0 Å². The lowest BCUT2D eigenvalue weighted by molar-refractivity contribution is 0.153. The summed E-state index contributed by atoms with van der Waals surface area (Å²) in [5.41, 5.74) is 1.43. The molecule has 1 aromatic carbocycles. The maximum Gasteiger partial charge on any atom is 0.0667 e. The van der Waals surface area contributed by atoms with Crippen LogP contribution in [-0.4, -0.2) is 32.6 Å². The SMILES string of the molecule is C[SiH](Cc1ccccc1)C[C@@H](O)[C@@H]1CCCN1. The van der Waals surface area contributed by atoms with E-state index in [1.165, 1.54) is 18.0 Å². The molecule has 0 amide bonds. The fraction of sp³-hybridized carbons (Fsp3) is 0.571. The first-order chi connectivity index (χ1) is 8.25. The van der Waals surface area contributed by atoms with Gasteiger partial charge in [-0.2, -0.15) is 0 Å². The molecule has 1 saturated heterocycles. The Bertz CT molecular complexity index is 324. The quantitative estimate of drug-likeness (QED) is 0.779. The monoisotopic (exact) mass is 249 g/mol. The van der Waals surface area contributed by atoms with Crippen LogP contribution in [0.5, 0.6) is 0 Å². The Labute approximate surface area is 106 Å². The number of hydrogen-bond donors (Lipinski definition) is 2. The predicted octanol–water partition coefficient (Wildman–Crippen LogP) is 1.74. The third-order valence-electron chi connectivity index (χ3n) is 3.63. The zero-order chi connectivity index (χ0) is 12.1. The van der Waals surface area contributed by atoms with Gasteiger partial charge in [0, 0.05) is 14.8 Å².